The molecule has 0 bridgehead atoms. The van der Waals surface area contributed by atoms with E-state index >= 15 is 0 Å². The molecule has 9 heteroatoms. The summed E-state index contributed by atoms with van der Waals surface area (Å²) in [6.45, 7) is 2.90. The Hall–Kier alpha value is -1.71. The molecule has 0 unspecified atom stereocenters. The van der Waals surface area contributed by atoms with Gasteiger partial charge in [0.2, 0.25) is 10.0 Å². The molecular formula is C13H20N6O2S. The number of aryl methyl sites for hydroxylation is 1. The predicted octanol–water partition coefficient (Wildman–Crippen LogP) is -0.259. The number of imidazole rings is 1. The standard InChI is InChI=1S/C13H20N6O2S/c1-17(2)22(20,21)8-7-18-5-4-15-13(18)12-9-11-10-14-3-6-19(11)16-12/h4-5,9,14H,3,6-8,10H2,1-2H3. The van der Waals surface area contributed by atoms with Crippen molar-refractivity contribution in [3.8, 4) is 11.5 Å². The number of hydrogen-bond donors (Lipinski definition) is 1. The second-order valence-electron chi connectivity index (χ2n) is 5.46. The Morgan fingerprint density at radius 2 is 2.23 bits per heavy atom. The fourth-order valence-corrected chi connectivity index (χ4v) is 3.21. The van der Waals surface area contributed by atoms with Crippen LogP contribution >= 0.6 is 0 Å². The predicted molar refractivity (Wildman–Crippen MR) is 82.6 cm³/mol. The Morgan fingerprint density at radius 1 is 1.41 bits per heavy atom. The van der Waals surface area contributed by atoms with Crippen molar-refractivity contribution in [2.24, 2.45) is 0 Å². The van der Waals surface area contributed by atoms with Crippen molar-refractivity contribution in [2.75, 3.05) is 26.4 Å². The van der Waals surface area contributed by atoms with Gasteiger partial charge in [-0.25, -0.2) is 17.7 Å². The van der Waals surface area contributed by atoms with Gasteiger partial charge in [-0.05, 0) is 6.07 Å². The summed E-state index contributed by atoms with van der Waals surface area (Å²) in [7, 11) is -0.142. The van der Waals surface area contributed by atoms with Crippen LogP contribution in [0.3, 0.4) is 0 Å². The van der Waals surface area contributed by atoms with Crippen LogP contribution in [0.15, 0.2) is 18.5 Å². The molecule has 0 spiro atoms. The van der Waals surface area contributed by atoms with E-state index in [4.69, 9.17) is 0 Å². The molecule has 0 fully saturated rings. The Labute approximate surface area is 129 Å². The van der Waals surface area contributed by atoms with Crippen LogP contribution < -0.4 is 5.32 Å². The Bertz CT molecular complexity index is 738. The first-order chi connectivity index (χ1) is 10.5. The maximum atomic E-state index is 11.9. The molecule has 0 aliphatic carbocycles. The number of nitrogens with one attached hydrogen (secondary N) is 1. The van der Waals surface area contributed by atoms with Crippen molar-refractivity contribution >= 4 is 10.0 Å². The zero-order chi connectivity index (χ0) is 15.7. The smallest absolute Gasteiger partial charge is 0.215 e. The van der Waals surface area contributed by atoms with Gasteiger partial charge in [-0.2, -0.15) is 5.10 Å². The highest BCUT2D eigenvalue weighted by Crippen LogP contribution is 2.19. The molecule has 2 aromatic heterocycles. The summed E-state index contributed by atoms with van der Waals surface area (Å²) in [5.41, 5.74) is 1.91. The average Bonchev–Trinajstić information content (AvgIpc) is 3.10. The third-order valence-corrected chi connectivity index (χ3v) is 5.57. The molecule has 3 rings (SSSR count). The number of hydrogen-bond acceptors (Lipinski definition) is 5. The molecule has 0 saturated carbocycles. The van der Waals surface area contributed by atoms with Gasteiger partial charge in [-0.15, -0.1) is 0 Å². The van der Waals surface area contributed by atoms with Gasteiger partial charge in [0.1, 0.15) is 5.69 Å². The maximum Gasteiger partial charge on any atom is 0.215 e. The van der Waals surface area contributed by atoms with E-state index in [9.17, 15) is 8.42 Å². The fourth-order valence-electron chi connectivity index (χ4n) is 2.42. The lowest BCUT2D eigenvalue weighted by molar-refractivity contribution is 0.476. The van der Waals surface area contributed by atoms with Crippen molar-refractivity contribution in [3.05, 3.63) is 24.2 Å². The van der Waals surface area contributed by atoms with Gasteiger partial charge < -0.3 is 9.88 Å². The highest BCUT2D eigenvalue weighted by atomic mass is 32.2. The van der Waals surface area contributed by atoms with Gasteiger partial charge in [0, 0.05) is 46.1 Å². The fraction of sp³-hybridized carbons (Fsp3) is 0.538. The number of aromatic nitrogens is 4. The van der Waals surface area contributed by atoms with E-state index in [-0.39, 0.29) is 5.75 Å². The SMILES string of the molecule is CN(C)S(=O)(=O)CCn1ccnc1-c1cc2n(n1)CCNC2. The molecule has 0 saturated heterocycles. The van der Waals surface area contributed by atoms with Crippen LogP contribution in [0.4, 0.5) is 0 Å². The molecule has 1 aliphatic heterocycles. The molecule has 0 aromatic carbocycles. The van der Waals surface area contributed by atoms with E-state index in [1.807, 2.05) is 15.3 Å². The largest absolute Gasteiger partial charge is 0.329 e. The topological polar surface area (TPSA) is 85.1 Å². The normalized spacial score (nSPS) is 15.2. The lowest BCUT2D eigenvalue weighted by Crippen LogP contribution is -2.28. The van der Waals surface area contributed by atoms with Crippen LogP contribution in [0.1, 0.15) is 5.69 Å². The average molecular weight is 324 g/mol. The second kappa shape index (κ2) is 5.82. The molecule has 120 valence electrons. The minimum absolute atomic E-state index is 0.0402. The summed E-state index contributed by atoms with van der Waals surface area (Å²) >= 11 is 0. The summed E-state index contributed by atoms with van der Waals surface area (Å²) in [4.78, 5) is 4.33. The zero-order valence-electron chi connectivity index (χ0n) is 12.7. The van der Waals surface area contributed by atoms with E-state index in [1.165, 1.54) is 4.31 Å². The first-order valence-electron chi connectivity index (χ1n) is 7.16. The molecule has 2 aromatic rings. The summed E-state index contributed by atoms with van der Waals surface area (Å²) in [6.07, 6.45) is 3.46. The lowest BCUT2D eigenvalue weighted by Gasteiger charge is -2.13. The number of nitrogens with zero attached hydrogens (tertiary/aromatic N) is 5. The van der Waals surface area contributed by atoms with Crippen LogP contribution in [0.2, 0.25) is 0 Å². The van der Waals surface area contributed by atoms with Gasteiger partial charge in [0.25, 0.3) is 0 Å². The van der Waals surface area contributed by atoms with Crippen LogP contribution in [-0.2, 0) is 29.7 Å². The molecule has 1 N–H and O–H groups in total. The highest BCUT2D eigenvalue weighted by Gasteiger charge is 2.18. The molecule has 0 amide bonds. The summed E-state index contributed by atoms with van der Waals surface area (Å²) in [6, 6.07) is 2.01. The Morgan fingerprint density at radius 3 is 2.95 bits per heavy atom. The van der Waals surface area contributed by atoms with Crippen LogP contribution in [0.25, 0.3) is 11.5 Å². The van der Waals surface area contributed by atoms with Gasteiger partial charge in [-0.3, -0.25) is 4.68 Å². The summed E-state index contributed by atoms with van der Waals surface area (Å²) in [5.74, 6) is 0.745. The number of fused-ring (bicyclic) bond motifs is 1. The van der Waals surface area contributed by atoms with Crippen molar-refractivity contribution in [1.82, 2.24) is 29.0 Å². The zero-order valence-corrected chi connectivity index (χ0v) is 13.5. The first-order valence-corrected chi connectivity index (χ1v) is 8.77. The van der Waals surface area contributed by atoms with Gasteiger partial charge in [0.15, 0.2) is 5.82 Å². The molecule has 1 aliphatic rings. The van der Waals surface area contributed by atoms with Gasteiger partial charge >= 0.3 is 0 Å². The molecule has 3 heterocycles. The molecule has 0 radical (unpaired) electrons. The quantitative estimate of drug-likeness (QED) is 0.819. The second-order valence-corrected chi connectivity index (χ2v) is 7.77. The molecular weight excluding hydrogens is 304 g/mol. The molecule has 8 nitrogen and oxygen atoms in total. The van der Waals surface area contributed by atoms with E-state index in [0.717, 1.165) is 31.0 Å². The minimum Gasteiger partial charge on any atom is -0.329 e. The van der Waals surface area contributed by atoms with Crippen LogP contribution in [0.5, 0.6) is 0 Å². The van der Waals surface area contributed by atoms with E-state index < -0.39 is 10.0 Å². The third kappa shape index (κ3) is 2.92. The summed E-state index contributed by atoms with van der Waals surface area (Å²) < 4.78 is 28.8. The van der Waals surface area contributed by atoms with E-state index in [1.54, 1.807) is 26.5 Å². The van der Waals surface area contributed by atoms with Crippen molar-refractivity contribution < 1.29 is 8.42 Å². The van der Waals surface area contributed by atoms with Crippen molar-refractivity contribution in [1.29, 1.82) is 0 Å². The number of sulfonamides is 1. The van der Waals surface area contributed by atoms with E-state index in [2.05, 4.69) is 15.4 Å². The molecule has 0 atom stereocenters. The number of rotatable bonds is 5. The minimum atomic E-state index is -3.23. The lowest BCUT2D eigenvalue weighted by atomic mass is 10.3. The monoisotopic (exact) mass is 324 g/mol. The third-order valence-electron chi connectivity index (χ3n) is 3.76. The van der Waals surface area contributed by atoms with Gasteiger partial charge in [-0.1, -0.05) is 0 Å². The van der Waals surface area contributed by atoms with Gasteiger partial charge in [0.05, 0.1) is 18.0 Å². The van der Waals surface area contributed by atoms with Crippen LogP contribution in [0, 0.1) is 0 Å². The van der Waals surface area contributed by atoms with E-state index in [0.29, 0.717) is 12.4 Å². The Kier molecular flexibility index (Phi) is 4.02. The molecule has 22 heavy (non-hydrogen) atoms. The van der Waals surface area contributed by atoms with Crippen molar-refractivity contribution in [2.45, 2.75) is 19.6 Å². The Balaban J connectivity index is 1.82. The maximum absolute atomic E-state index is 11.9. The summed E-state index contributed by atoms with van der Waals surface area (Å²) in [5, 5.41) is 7.87. The first kappa shape index (κ1) is 15.2. The van der Waals surface area contributed by atoms with Crippen LogP contribution in [-0.4, -0.2) is 58.4 Å². The highest BCUT2D eigenvalue weighted by molar-refractivity contribution is 7.89. The van der Waals surface area contributed by atoms with Crippen molar-refractivity contribution in [3.63, 3.8) is 0 Å².